The summed E-state index contributed by atoms with van der Waals surface area (Å²) < 4.78 is 0. The molecular weight excluding hydrogens is 902 g/mol. The van der Waals surface area contributed by atoms with Gasteiger partial charge >= 0.3 is 0 Å². The van der Waals surface area contributed by atoms with Crippen LogP contribution in [0.25, 0.3) is 0 Å². The molecule has 4 N–H and O–H groups in total. The lowest BCUT2D eigenvalue weighted by Gasteiger charge is -2.19. The third-order valence-electron chi connectivity index (χ3n) is 9.39. The van der Waals surface area contributed by atoms with Crippen LogP contribution in [0.15, 0.2) is 118 Å². The Morgan fingerprint density at radius 2 is 0.953 bits per heavy atom. The van der Waals surface area contributed by atoms with Gasteiger partial charge in [-0.25, -0.2) is 0 Å². The number of nitrogens with one attached hydrogen (secondary N) is 4. The maximum Gasteiger partial charge on any atom is 0.258 e. The first-order valence-electron chi connectivity index (χ1n) is 19.7. The van der Waals surface area contributed by atoms with E-state index in [0.29, 0.717) is 46.7 Å². The van der Waals surface area contributed by atoms with Crippen LogP contribution in [0.2, 0.25) is 10.0 Å². The Morgan fingerprint density at radius 3 is 1.34 bits per heavy atom. The molecular formula is C46H42Cl4N8O6. The van der Waals surface area contributed by atoms with Crippen molar-refractivity contribution in [1.82, 2.24) is 0 Å². The van der Waals surface area contributed by atoms with Gasteiger partial charge in [-0.1, -0.05) is 61.3 Å². The summed E-state index contributed by atoms with van der Waals surface area (Å²) in [5.74, 6) is -3.18. The van der Waals surface area contributed by atoms with Gasteiger partial charge in [0, 0.05) is 55.7 Å². The van der Waals surface area contributed by atoms with E-state index in [0.717, 1.165) is 11.1 Å². The molecule has 0 aromatic heterocycles. The van der Waals surface area contributed by atoms with Crippen molar-refractivity contribution in [3.8, 4) is 0 Å². The van der Waals surface area contributed by atoms with Crippen molar-refractivity contribution in [3.05, 3.63) is 140 Å². The molecule has 5 rings (SSSR count). The number of halogens is 4. The van der Waals surface area contributed by atoms with Gasteiger partial charge in [0.15, 0.2) is 11.6 Å². The van der Waals surface area contributed by atoms with Crippen molar-refractivity contribution in [2.24, 2.45) is 20.5 Å². The fourth-order valence-electron chi connectivity index (χ4n) is 6.24. The van der Waals surface area contributed by atoms with Crippen molar-refractivity contribution < 1.29 is 28.8 Å². The summed E-state index contributed by atoms with van der Waals surface area (Å²) in [5, 5.41) is 27.7. The van der Waals surface area contributed by atoms with E-state index in [-0.39, 0.29) is 44.3 Å². The molecule has 0 aliphatic carbocycles. The Hall–Kier alpha value is -6.32. The molecule has 4 amide bonds. The summed E-state index contributed by atoms with van der Waals surface area (Å²) in [4.78, 5) is 78.7. The van der Waals surface area contributed by atoms with Gasteiger partial charge in [-0.3, -0.25) is 28.8 Å². The highest BCUT2D eigenvalue weighted by molar-refractivity contribution is 6.31. The van der Waals surface area contributed by atoms with Crippen LogP contribution in [-0.4, -0.2) is 47.3 Å². The summed E-state index contributed by atoms with van der Waals surface area (Å²) in [6.07, 6.45) is 0.779. The summed E-state index contributed by atoms with van der Waals surface area (Å²) in [6, 6.07) is 22.7. The van der Waals surface area contributed by atoms with E-state index < -0.39 is 47.3 Å². The van der Waals surface area contributed by atoms with E-state index in [4.69, 9.17) is 46.4 Å². The molecule has 330 valence electrons. The fourth-order valence-corrected chi connectivity index (χ4v) is 7.03. The maximum atomic E-state index is 13.7. The van der Waals surface area contributed by atoms with Gasteiger partial charge in [-0.15, -0.1) is 23.2 Å². The van der Waals surface area contributed by atoms with Crippen LogP contribution in [0.1, 0.15) is 70.7 Å². The van der Waals surface area contributed by atoms with E-state index in [2.05, 4.69) is 41.7 Å². The van der Waals surface area contributed by atoms with Gasteiger partial charge in [0.1, 0.15) is 0 Å². The number of aryl methyl sites for hydroxylation is 2. The number of benzene rings is 5. The first-order valence-corrected chi connectivity index (χ1v) is 21.6. The summed E-state index contributed by atoms with van der Waals surface area (Å²) >= 11 is 24.4. The molecule has 64 heavy (non-hydrogen) atoms. The molecule has 0 saturated carbocycles. The molecule has 0 spiro atoms. The van der Waals surface area contributed by atoms with E-state index >= 15 is 0 Å². The number of rotatable bonds is 18. The van der Waals surface area contributed by atoms with Crippen molar-refractivity contribution in [1.29, 1.82) is 0 Å². The number of ketones is 2. The zero-order chi connectivity index (χ0) is 46.5. The van der Waals surface area contributed by atoms with Crippen LogP contribution < -0.4 is 21.3 Å². The number of hydrogen-bond donors (Lipinski definition) is 4. The maximum absolute atomic E-state index is 13.7. The molecule has 0 saturated heterocycles. The van der Waals surface area contributed by atoms with E-state index in [1.807, 2.05) is 26.0 Å². The van der Waals surface area contributed by atoms with Gasteiger partial charge in [0.2, 0.25) is 12.1 Å². The molecule has 2 unspecified atom stereocenters. The standard InChI is InChI=1S/C46H42Cl4N8O6/c1-5-29-17-37(53-45(63)40(25(3)59)57-55-38-19-31(15-33(49)21-38)43(61)51-35-11-7-9-27(13-35)23-47)18-30(6-2)42(29)54-46(64)41(26(4)60)58-56-39-20-32(16-34(50)22-39)44(62)52-36-12-8-10-28(14-36)24-48/h7-22,40-41H,5-6,23-24H2,1-4H3,(H,51,61)(H,52,62)(H,53,63)(H,54,64). The number of alkyl halides is 2. The van der Waals surface area contributed by atoms with Crippen molar-refractivity contribution in [2.45, 2.75) is 64.4 Å². The second-order valence-corrected chi connectivity index (χ2v) is 15.7. The molecule has 0 bridgehead atoms. The Bertz CT molecular complexity index is 2650. The number of Topliss-reactive ketones (excluding diaryl/α,β-unsaturated/α-hetero) is 2. The molecule has 5 aromatic carbocycles. The Morgan fingerprint density at radius 1 is 0.531 bits per heavy atom. The van der Waals surface area contributed by atoms with Gasteiger partial charge in [0.05, 0.1) is 11.4 Å². The number of nitrogens with zero attached hydrogens (tertiary/aromatic N) is 4. The minimum atomic E-state index is -1.57. The number of anilines is 4. The smallest absolute Gasteiger partial charge is 0.258 e. The number of amides is 4. The van der Waals surface area contributed by atoms with Crippen LogP contribution in [0.4, 0.5) is 34.1 Å². The highest BCUT2D eigenvalue weighted by Crippen LogP contribution is 2.30. The molecule has 0 heterocycles. The average molecular weight is 945 g/mol. The normalized spacial score (nSPS) is 12.1. The molecule has 5 aromatic rings. The molecule has 0 radical (unpaired) electrons. The predicted molar refractivity (Wildman–Crippen MR) is 251 cm³/mol. The van der Waals surface area contributed by atoms with Crippen LogP contribution in [0.3, 0.4) is 0 Å². The predicted octanol–water partition coefficient (Wildman–Crippen LogP) is 11.5. The fraction of sp³-hybridized carbons (Fsp3) is 0.217. The van der Waals surface area contributed by atoms with Gasteiger partial charge < -0.3 is 21.3 Å². The topological polar surface area (TPSA) is 200 Å². The second kappa shape index (κ2) is 22.9. The van der Waals surface area contributed by atoms with Crippen LogP contribution in [-0.2, 0) is 43.8 Å². The largest absolute Gasteiger partial charge is 0.324 e. The van der Waals surface area contributed by atoms with Crippen molar-refractivity contribution in [3.63, 3.8) is 0 Å². The third-order valence-corrected chi connectivity index (χ3v) is 10.4. The van der Waals surface area contributed by atoms with Crippen molar-refractivity contribution in [2.75, 3.05) is 21.3 Å². The average Bonchev–Trinajstić information content (AvgIpc) is 3.26. The zero-order valence-corrected chi connectivity index (χ0v) is 38.0. The molecule has 14 nitrogen and oxygen atoms in total. The SMILES string of the molecule is CCc1cc(NC(=O)C(N=Nc2cc(Cl)cc(C(=O)Nc3cccc(CCl)c3)c2)C(C)=O)cc(CC)c1NC(=O)C(N=Nc1cc(Cl)cc(C(=O)Nc2cccc(CCl)c2)c1)C(C)=O. The van der Waals surface area contributed by atoms with Crippen LogP contribution in [0.5, 0.6) is 0 Å². The second-order valence-electron chi connectivity index (χ2n) is 14.3. The number of carbonyl (C=O) groups is 6. The highest BCUT2D eigenvalue weighted by atomic mass is 35.5. The van der Waals surface area contributed by atoms with Crippen LogP contribution in [0, 0.1) is 0 Å². The quantitative estimate of drug-likeness (QED) is 0.0382. The molecule has 0 aliphatic heterocycles. The summed E-state index contributed by atoms with van der Waals surface area (Å²) in [5.41, 5.74) is 5.17. The third kappa shape index (κ3) is 13.3. The summed E-state index contributed by atoms with van der Waals surface area (Å²) in [7, 11) is 0. The Balaban J connectivity index is 1.30. The summed E-state index contributed by atoms with van der Waals surface area (Å²) in [6.45, 7) is 6.06. The molecule has 0 aliphatic rings. The van der Waals surface area contributed by atoms with Gasteiger partial charge in [-0.05, 0) is 122 Å². The molecule has 2 atom stereocenters. The minimum absolute atomic E-state index is 0.126. The van der Waals surface area contributed by atoms with Gasteiger partial charge in [-0.2, -0.15) is 20.5 Å². The van der Waals surface area contributed by atoms with E-state index in [1.54, 1.807) is 48.5 Å². The lowest BCUT2D eigenvalue weighted by atomic mass is 10.0. The Kier molecular flexibility index (Phi) is 17.4. The number of azo groups is 2. The number of carbonyl (C=O) groups excluding carboxylic acids is 6. The number of hydrogen-bond acceptors (Lipinski definition) is 10. The lowest BCUT2D eigenvalue weighted by molar-refractivity contribution is -0.127. The highest BCUT2D eigenvalue weighted by Gasteiger charge is 2.27. The van der Waals surface area contributed by atoms with Crippen LogP contribution >= 0.6 is 46.4 Å². The Labute approximate surface area is 389 Å². The molecule has 18 heteroatoms. The first-order chi connectivity index (χ1) is 30.6. The molecule has 0 fully saturated rings. The van der Waals surface area contributed by atoms with Crippen molar-refractivity contribution >= 4 is 116 Å². The van der Waals surface area contributed by atoms with E-state index in [1.165, 1.54) is 50.2 Å². The van der Waals surface area contributed by atoms with E-state index in [9.17, 15) is 28.8 Å². The lowest BCUT2D eigenvalue weighted by Crippen LogP contribution is -2.33. The van der Waals surface area contributed by atoms with Gasteiger partial charge in [0.25, 0.3) is 23.6 Å². The zero-order valence-electron chi connectivity index (χ0n) is 35.0. The first kappa shape index (κ1) is 48.7. The minimum Gasteiger partial charge on any atom is -0.324 e. The monoisotopic (exact) mass is 942 g/mol.